The van der Waals surface area contributed by atoms with Gasteiger partial charge in [-0.05, 0) is 49.4 Å². The third-order valence-corrected chi connectivity index (χ3v) is 5.93. The molecule has 9 heteroatoms. The smallest absolute Gasteiger partial charge is 0.261 e. The predicted octanol–water partition coefficient (Wildman–Crippen LogP) is 2.25. The zero-order valence-corrected chi connectivity index (χ0v) is 15.6. The molecule has 2 aromatic rings. The largest absolute Gasteiger partial charge is 0.348 e. The molecule has 0 radical (unpaired) electrons. The first-order valence-corrected chi connectivity index (χ1v) is 10.2. The Kier molecular flexibility index (Phi) is 5.73. The Morgan fingerprint density at radius 3 is 2.68 bits per heavy atom. The summed E-state index contributed by atoms with van der Waals surface area (Å²) in [4.78, 5) is 26.4. The standard InChI is InChI=1S/C19H18F2N2O4S/c20-13-6-7-17(15(21)11-13)28(26,27)9-3-8-22-18(24)14-10-12-4-1-2-5-16(12)23-19(14)25/h3,6-7,9-11H,1-2,4-5,8H2,(H,22,24)(H,23,25)/b9-3+. The Balaban J connectivity index is 1.67. The lowest BCUT2D eigenvalue weighted by Gasteiger charge is -2.15. The van der Waals surface area contributed by atoms with Gasteiger partial charge < -0.3 is 10.3 Å². The van der Waals surface area contributed by atoms with Gasteiger partial charge in [0, 0.05) is 23.7 Å². The van der Waals surface area contributed by atoms with Crippen LogP contribution < -0.4 is 10.9 Å². The van der Waals surface area contributed by atoms with Crippen LogP contribution >= 0.6 is 0 Å². The Labute approximate surface area is 160 Å². The van der Waals surface area contributed by atoms with E-state index in [1.165, 1.54) is 0 Å². The molecular formula is C19H18F2N2O4S. The first-order valence-electron chi connectivity index (χ1n) is 8.68. The van der Waals surface area contributed by atoms with E-state index >= 15 is 0 Å². The van der Waals surface area contributed by atoms with Gasteiger partial charge in [0.1, 0.15) is 22.1 Å². The number of hydrogen-bond donors (Lipinski definition) is 2. The van der Waals surface area contributed by atoms with Gasteiger partial charge in [0.2, 0.25) is 9.84 Å². The third-order valence-electron chi connectivity index (χ3n) is 4.44. The molecule has 1 aliphatic rings. The molecule has 0 unspecified atom stereocenters. The van der Waals surface area contributed by atoms with E-state index in [-0.39, 0.29) is 12.1 Å². The van der Waals surface area contributed by atoms with Crippen molar-refractivity contribution in [1.29, 1.82) is 0 Å². The van der Waals surface area contributed by atoms with Gasteiger partial charge in [0.25, 0.3) is 11.5 Å². The summed E-state index contributed by atoms with van der Waals surface area (Å²) in [6.45, 7) is -0.183. The molecule has 0 spiro atoms. The zero-order chi connectivity index (χ0) is 20.3. The Morgan fingerprint density at radius 2 is 1.93 bits per heavy atom. The second-order valence-corrected chi connectivity index (χ2v) is 8.23. The maximum absolute atomic E-state index is 13.6. The molecule has 1 aromatic heterocycles. The number of hydrogen-bond acceptors (Lipinski definition) is 4. The number of carbonyl (C=O) groups is 1. The maximum Gasteiger partial charge on any atom is 0.261 e. The van der Waals surface area contributed by atoms with Gasteiger partial charge in [0.05, 0.1) is 0 Å². The summed E-state index contributed by atoms with van der Waals surface area (Å²) in [6.07, 6.45) is 4.65. The number of pyridine rings is 1. The van der Waals surface area contributed by atoms with Gasteiger partial charge in [0.15, 0.2) is 0 Å². The number of aryl methyl sites for hydroxylation is 2. The molecule has 3 rings (SSSR count). The molecule has 0 saturated heterocycles. The summed E-state index contributed by atoms with van der Waals surface area (Å²) in [5.74, 6) is -2.72. The SMILES string of the molecule is O=C(NC/C=C/S(=O)(=O)c1ccc(F)cc1F)c1cc2c([nH]c1=O)CCCC2. The summed E-state index contributed by atoms with van der Waals surface area (Å²) in [7, 11) is -4.13. The van der Waals surface area contributed by atoms with E-state index in [0.717, 1.165) is 60.6 Å². The normalized spacial score (nSPS) is 14.1. The van der Waals surface area contributed by atoms with Gasteiger partial charge >= 0.3 is 0 Å². The number of carbonyl (C=O) groups excluding carboxylic acids is 1. The van der Waals surface area contributed by atoms with E-state index in [9.17, 15) is 26.8 Å². The van der Waals surface area contributed by atoms with E-state index in [4.69, 9.17) is 0 Å². The van der Waals surface area contributed by atoms with E-state index < -0.39 is 37.8 Å². The Bertz CT molecular complexity index is 1110. The highest BCUT2D eigenvalue weighted by Crippen LogP contribution is 2.19. The Hall–Kier alpha value is -2.81. The van der Waals surface area contributed by atoms with Gasteiger partial charge in [-0.2, -0.15) is 0 Å². The second kappa shape index (κ2) is 8.05. The van der Waals surface area contributed by atoms with Crippen LogP contribution in [0.5, 0.6) is 0 Å². The molecule has 0 bridgehead atoms. The van der Waals surface area contributed by atoms with Gasteiger partial charge in [-0.3, -0.25) is 9.59 Å². The van der Waals surface area contributed by atoms with Gasteiger partial charge in [-0.1, -0.05) is 6.08 Å². The van der Waals surface area contributed by atoms with Crippen LogP contribution in [0.3, 0.4) is 0 Å². The van der Waals surface area contributed by atoms with Crippen molar-refractivity contribution in [2.75, 3.05) is 6.54 Å². The lowest BCUT2D eigenvalue weighted by Crippen LogP contribution is -2.31. The minimum Gasteiger partial charge on any atom is -0.348 e. The van der Waals surface area contributed by atoms with Crippen LogP contribution in [0.15, 0.2) is 45.4 Å². The van der Waals surface area contributed by atoms with Crippen molar-refractivity contribution in [3.05, 3.63) is 74.6 Å². The van der Waals surface area contributed by atoms with Gasteiger partial charge in [-0.25, -0.2) is 17.2 Å². The predicted molar refractivity (Wildman–Crippen MR) is 98.7 cm³/mol. The van der Waals surface area contributed by atoms with Crippen molar-refractivity contribution in [3.63, 3.8) is 0 Å². The summed E-state index contributed by atoms with van der Waals surface area (Å²) in [5.41, 5.74) is 1.24. The number of H-pyrrole nitrogens is 1. The highest BCUT2D eigenvalue weighted by atomic mass is 32.2. The zero-order valence-electron chi connectivity index (χ0n) is 14.8. The lowest BCUT2D eigenvalue weighted by atomic mass is 9.95. The molecule has 0 aliphatic heterocycles. The maximum atomic E-state index is 13.6. The monoisotopic (exact) mass is 408 g/mol. The third kappa shape index (κ3) is 4.36. The number of amides is 1. The molecule has 1 heterocycles. The number of fused-ring (bicyclic) bond motifs is 1. The lowest BCUT2D eigenvalue weighted by molar-refractivity contribution is 0.0956. The molecule has 6 nitrogen and oxygen atoms in total. The fraction of sp³-hybridized carbons (Fsp3) is 0.263. The first kappa shape index (κ1) is 19.9. The van der Waals surface area contributed by atoms with Crippen LogP contribution in [-0.2, 0) is 22.7 Å². The summed E-state index contributed by atoms with van der Waals surface area (Å²) >= 11 is 0. The second-order valence-electron chi connectivity index (χ2n) is 6.42. The number of rotatable bonds is 5. The molecule has 0 saturated carbocycles. The van der Waals surface area contributed by atoms with Crippen LogP contribution in [0, 0.1) is 11.6 Å². The fourth-order valence-electron chi connectivity index (χ4n) is 3.04. The number of aromatic nitrogens is 1. The average Bonchev–Trinajstić information content (AvgIpc) is 2.64. The Morgan fingerprint density at radius 1 is 1.18 bits per heavy atom. The molecule has 1 aromatic carbocycles. The van der Waals surface area contributed by atoms with Crippen LogP contribution in [0.25, 0.3) is 0 Å². The van der Waals surface area contributed by atoms with E-state index in [2.05, 4.69) is 10.3 Å². The quantitative estimate of drug-likeness (QED) is 0.742. The molecule has 28 heavy (non-hydrogen) atoms. The molecule has 0 atom stereocenters. The number of benzene rings is 1. The van der Waals surface area contributed by atoms with Crippen LogP contribution in [0.2, 0.25) is 0 Å². The van der Waals surface area contributed by atoms with Crippen LogP contribution in [0.4, 0.5) is 8.78 Å². The minimum atomic E-state index is -4.13. The summed E-state index contributed by atoms with van der Waals surface area (Å²) in [5, 5.41) is 3.15. The molecule has 0 fully saturated rings. The number of sulfone groups is 1. The average molecular weight is 408 g/mol. The number of nitrogens with one attached hydrogen (secondary N) is 2. The summed E-state index contributed by atoms with van der Waals surface area (Å²) in [6, 6.07) is 3.71. The molecule has 148 valence electrons. The first-order chi connectivity index (χ1) is 13.3. The molecule has 1 aliphatic carbocycles. The van der Waals surface area contributed by atoms with Gasteiger partial charge in [-0.15, -0.1) is 0 Å². The molecular weight excluding hydrogens is 390 g/mol. The van der Waals surface area contributed by atoms with Crippen LogP contribution in [0.1, 0.15) is 34.5 Å². The highest BCUT2D eigenvalue weighted by Gasteiger charge is 2.18. The van der Waals surface area contributed by atoms with Crippen molar-refractivity contribution in [3.8, 4) is 0 Å². The van der Waals surface area contributed by atoms with Crippen molar-refractivity contribution >= 4 is 15.7 Å². The van der Waals surface area contributed by atoms with E-state index in [0.29, 0.717) is 6.07 Å². The van der Waals surface area contributed by atoms with E-state index in [1.54, 1.807) is 6.07 Å². The van der Waals surface area contributed by atoms with Crippen LogP contribution in [-0.4, -0.2) is 25.9 Å². The van der Waals surface area contributed by atoms with Crippen molar-refractivity contribution in [2.45, 2.75) is 30.6 Å². The van der Waals surface area contributed by atoms with Crippen molar-refractivity contribution in [1.82, 2.24) is 10.3 Å². The summed E-state index contributed by atoms with van der Waals surface area (Å²) < 4.78 is 50.7. The molecule has 2 N–H and O–H groups in total. The topological polar surface area (TPSA) is 96.1 Å². The number of halogens is 2. The molecule has 1 amide bonds. The van der Waals surface area contributed by atoms with Crippen molar-refractivity contribution < 1.29 is 22.0 Å². The van der Waals surface area contributed by atoms with Crippen molar-refractivity contribution in [2.24, 2.45) is 0 Å². The minimum absolute atomic E-state index is 0.0403. The fourth-order valence-corrected chi connectivity index (χ4v) is 4.13. The highest BCUT2D eigenvalue weighted by molar-refractivity contribution is 7.94. The number of aromatic amines is 1. The van der Waals surface area contributed by atoms with E-state index in [1.807, 2.05) is 0 Å².